The topological polar surface area (TPSA) is 63.7 Å². The van der Waals surface area contributed by atoms with Crippen molar-refractivity contribution in [3.63, 3.8) is 0 Å². The van der Waals surface area contributed by atoms with Gasteiger partial charge in [0, 0.05) is 42.2 Å². The number of fused-ring (bicyclic) bond motifs is 2. The summed E-state index contributed by atoms with van der Waals surface area (Å²) in [5.41, 5.74) is 5.39. The van der Waals surface area contributed by atoms with Gasteiger partial charge in [0.1, 0.15) is 0 Å². The van der Waals surface area contributed by atoms with E-state index in [1.165, 1.54) is 0 Å². The van der Waals surface area contributed by atoms with E-state index in [1.807, 2.05) is 36.4 Å². The fourth-order valence-corrected chi connectivity index (χ4v) is 4.57. The van der Waals surface area contributed by atoms with Crippen LogP contribution in [0.2, 0.25) is 10.0 Å². The smallest absolute Gasteiger partial charge is 0.255 e. The van der Waals surface area contributed by atoms with Crippen LogP contribution < -0.4 is 19.7 Å². The maximum absolute atomic E-state index is 12.5. The number of halogens is 2. The molecule has 0 fully saturated rings. The van der Waals surface area contributed by atoms with Crippen LogP contribution in [0.25, 0.3) is 10.9 Å². The van der Waals surface area contributed by atoms with Crippen molar-refractivity contribution in [1.82, 2.24) is 4.98 Å². The summed E-state index contributed by atoms with van der Waals surface area (Å²) in [6.45, 7) is 1.64. The zero-order chi connectivity index (χ0) is 24.5. The molecule has 6 nitrogen and oxygen atoms in total. The number of nitrogens with zero attached hydrogens (tertiary/aromatic N) is 2. The molecule has 5 rings (SSSR count). The van der Waals surface area contributed by atoms with Crippen molar-refractivity contribution in [2.75, 3.05) is 31.0 Å². The van der Waals surface area contributed by atoms with Crippen LogP contribution in [0.3, 0.4) is 0 Å². The van der Waals surface area contributed by atoms with Crippen LogP contribution in [0.15, 0.2) is 60.7 Å². The molecule has 0 spiro atoms. The van der Waals surface area contributed by atoms with E-state index >= 15 is 0 Å². The van der Waals surface area contributed by atoms with Crippen molar-refractivity contribution in [3.05, 3.63) is 87.5 Å². The number of benzene rings is 3. The zero-order valence-corrected chi connectivity index (χ0v) is 20.8. The summed E-state index contributed by atoms with van der Waals surface area (Å²) in [6.07, 6.45) is 0.886. The van der Waals surface area contributed by atoms with E-state index in [1.54, 1.807) is 32.4 Å². The number of aromatic nitrogens is 1. The van der Waals surface area contributed by atoms with Crippen LogP contribution in [0, 0.1) is 0 Å². The number of rotatable bonds is 6. The third-order valence-corrected chi connectivity index (χ3v) is 6.84. The average Bonchev–Trinajstić information content (AvgIpc) is 3.25. The Hall–Kier alpha value is -3.48. The predicted octanol–water partition coefficient (Wildman–Crippen LogP) is 6.37. The molecule has 178 valence electrons. The Morgan fingerprint density at radius 1 is 0.971 bits per heavy atom. The van der Waals surface area contributed by atoms with E-state index in [2.05, 4.69) is 16.3 Å². The number of carbonyl (C=O) groups excluding carboxylic acids is 1. The first-order valence-corrected chi connectivity index (χ1v) is 11.9. The van der Waals surface area contributed by atoms with Crippen LogP contribution >= 0.6 is 23.2 Å². The molecule has 1 aliphatic rings. The van der Waals surface area contributed by atoms with Gasteiger partial charge in [-0.25, -0.2) is 0 Å². The van der Waals surface area contributed by atoms with Crippen molar-refractivity contribution < 1.29 is 14.3 Å². The molecule has 3 aromatic carbocycles. The Morgan fingerprint density at radius 3 is 2.43 bits per heavy atom. The minimum Gasteiger partial charge on any atom is -0.493 e. The number of anilines is 2. The van der Waals surface area contributed by atoms with E-state index in [-0.39, 0.29) is 5.91 Å². The number of pyridine rings is 1. The van der Waals surface area contributed by atoms with Gasteiger partial charge in [-0.2, -0.15) is 0 Å². The van der Waals surface area contributed by atoms with Crippen molar-refractivity contribution in [3.8, 4) is 11.5 Å². The molecular weight excluding hydrogens is 485 g/mol. The Bertz CT molecular complexity index is 1420. The summed E-state index contributed by atoms with van der Waals surface area (Å²) >= 11 is 12.0. The highest BCUT2D eigenvalue weighted by molar-refractivity contribution is 6.42. The molecule has 1 aliphatic heterocycles. The second-order valence-corrected chi connectivity index (χ2v) is 9.12. The number of carbonyl (C=O) groups is 1. The average molecular weight is 508 g/mol. The molecule has 0 radical (unpaired) electrons. The number of nitrogens with one attached hydrogen (secondary N) is 1. The molecule has 1 N–H and O–H groups in total. The van der Waals surface area contributed by atoms with Crippen LogP contribution in [0.5, 0.6) is 11.5 Å². The van der Waals surface area contributed by atoms with Gasteiger partial charge >= 0.3 is 0 Å². The number of hydrogen-bond acceptors (Lipinski definition) is 5. The lowest BCUT2D eigenvalue weighted by Crippen LogP contribution is -2.19. The predicted molar refractivity (Wildman–Crippen MR) is 140 cm³/mol. The van der Waals surface area contributed by atoms with Gasteiger partial charge in [0.25, 0.3) is 5.91 Å². The molecule has 0 saturated heterocycles. The fourth-order valence-electron chi connectivity index (χ4n) is 4.27. The zero-order valence-electron chi connectivity index (χ0n) is 19.3. The third-order valence-electron chi connectivity index (χ3n) is 6.10. The molecule has 8 heteroatoms. The first-order valence-electron chi connectivity index (χ1n) is 11.1. The normalized spacial score (nSPS) is 12.5. The van der Waals surface area contributed by atoms with Gasteiger partial charge in [0.05, 0.1) is 41.2 Å². The Kier molecular flexibility index (Phi) is 6.41. The molecule has 2 heterocycles. The molecule has 0 atom stereocenters. The van der Waals surface area contributed by atoms with E-state index < -0.39 is 0 Å². The summed E-state index contributed by atoms with van der Waals surface area (Å²) in [5.74, 6) is 1.12. The van der Waals surface area contributed by atoms with Crippen molar-refractivity contribution in [1.29, 1.82) is 0 Å². The second-order valence-electron chi connectivity index (χ2n) is 8.31. The maximum atomic E-state index is 12.5. The Morgan fingerprint density at radius 2 is 1.71 bits per heavy atom. The quantitative estimate of drug-likeness (QED) is 0.328. The highest BCUT2D eigenvalue weighted by Crippen LogP contribution is 2.36. The Balaban J connectivity index is 1.31. The second kappa shape index (κ2) is 9.64. The number of hydrogen-bond donors (Lipinski definition) is 1. The lowest BCUT2D eigenvalue weighted by Gasteiger charge is -2.20. The van der Waals surface area contributed by atoms with Crippen LogP contribution in [-0.4, -0.2) is 31.7 Å². The summed E-state index contributed by atoms with van der Waals surface area (Å²) in [6, 6.07) is 18.7. The highest BCUT2D eigenvalue weighted by Gasteiger charge is 2.22. The van der Waals surface area contributed by atoms with Crippen molar-refractivity contribution in [2.45, 2.75) is 13.0 Å². The first kappa shape index (κ1) is 23.3. The molecular formula is C27H23Cl2N3O3. The van der Waals surface area contributed by atoms with Gasteiger partial charge in [0.15, 0.2) is 11.5 Å². The monoisotopic (exact) mass is 507 g/mol. The molecule has 1 aromatic heterocycles. The van der Waals surface area contributed by atoms with Crippen molar-refractivity contribution in [2.24, 2.45) is 0 Å². The third kappa shape index (κ3) is 4.72. The van der Waals surface area contributed by atoms with Gasteiger partial charge in [-0.15, -0.1) is 0 Å². The Labute approximate surface area is 213 Å². The van der Waals surface area contributed by atoms with E-state index in [9.17, 15) is 4.79 Å². The maximum Gasteiger partial charge on any atom is 0.255 e. The molecule has 0 aliphatic carbocycles. The van der Waals surface area contributed by atoms with Gasteiger partial charge in [-0.1, -0.05) is 35.3 Å². The van der Waals surface area contributed by atoms with Crippen molar-refractivity contribution >= 4 is 51.4 Å². The SMILES string of the molecule is COc1cc2cc3c(nc2cc1OC)CCN3Cc1ccc(NC(=O)c2ccc(Cl)c(Cl)c2)cc1. The van der Waals surface area contributed by atoms with Gasteiger partial charge in [-0.3, -0.25) is 9.78 Å². The molecule has 0 unspecified atom stereocenters. The lowest BCUT2D eigenvalue weighted by molar-refractivity contribution is 0.102. The first-order chi connectivity index (χ1) is 16.9. The number of amides is 1. The number of methoxy groups -OCH3 is 2. The molecule has 0 saturated carbocycles. The lowest BCUT2D eigenvalue weighted by atomic mass is 10.1. The largest absolute Gasteiger partial charge is 0.493 e. The standard InChI is InChI=1S/C27H23Cl2N3O3/c1-34-25-13-18-12-24-22(31-23(18)14-26(25)35-2)9-10-32(24)15-16-3-6-19(7-4-16)30-27(33)17-5-8-20(28)21(29)11-17/h3-8,11-14H,9-10,15H2,1-2H3,(H,30,33). The summed E-state index contributed by atoms with van der Waals surface area (Å²) in [5, 5.41) is 4.67. The van der Waals surface area contributed by atoms with Crippen LogP contribution in [0.4, 0.5) is 11.4 Å². The highest BCUT2D eigenvalue weighted by atomic mass is 35.5. The van der Waals surface area contributed by atoms with Crippen LogP contribution in [0.1, 0.15) is 21.6 Å². The van der Waals surface area contributed by atoms with E-state index in [0.717, 1.165) is 47.4 Å². The summed E-state index contributed by atoms with van der Waals surface area (Å²) in [7, 11) is 3.26. The molecule has 35 heavy (non-hydrogen) atoms. The molecule has 0 bridgehead atoms. The van der Waals surface area contributed by atoms with Gasteiger partial charge < -0.3 is 19.7 Å². The minimum absolute atomic E-state index is 0.241. The van der Waals surface area contributed by atoms with E-state index in [4.69, 9.17) is 37.7 Å². The van der Waals surface area contributed by atoms with Gasteiger partial charge in [-0.05, 0) is 48.0 Å². The summed E-state index contributed by atoms with van der Waals surface area (Å²) < 4.78 is 10.9. The van der Waals surface area contributed by atoms with Crippen LogP contribution in [-0.2, 0) is 13.0 Å². The van der Waals surface area contributed by atoms with Gasteiger partial charge in [0.2, 0.25) is 0 Å². The molecule has 1 amide bonds. The number of ether oxygens (including phenoxy) is 2. The van der Waals surface area contributed by atoms with E-state index in [0.29, 0.717) is 32.8 Å². The minimum atomic E-state index is -0.241. The fraction of sp³-hybridized carbons (Fsp3) is 0.185. The summed E-state index contributed by atoms with van der Waals surface area (Å²) in [4.78, 5) is 19.7. The molecule has 4 aromatic rings.